The fraction of sp³-hybridized carbons (Fsp3) is 0.889. The molecule has 0 saturated heterocycles. The Hall–Kier alpha value is -0.570. The molecule has 0 spiro atoms. The van der Waals surface area contributed by atoms with Gasteiger partial charge in [-0.1, -0.05) is 6.92 Å². The lowest BCUT2D eigenvalue weighted by molar-refractivity contribution is -0.143. The monoisotopic (exact) mass is 174 g/mol. The number of methoxy groups -OCH3 is 1. The highest BCUT2D eigenvalue weighted by Gasteiger charge is 2.00. The zero-order valence-electron chi connectivity index (χ0n) is 8.13. The van der Waals surface area contributed by atoms with E-state index in [1.165, 1.54) is 0 Å². The molecular weight excluding hydrogens is 156 g/mol. The van der Waals surface area contributed by atoms with E-state index in [-0.39, 0.29) is 12.1 Å². The van der Waals surface area contributed by atoms with Gasteiger partial charge >= 0.3 is 5.97 Å². The van der Waals surface area contributed by atoms with E-state index in [4.69, 9.17) is 9.47 Å². The first-order valence-corrected chi connectivity index (χ1v) is 4.39. The van der Waals surface area contributed by atoms with Crippen LogP contribution in [0.1, 0.15) is 33.1 Å². The summed E-state index contributed by atoms with van der Waals surface area (Å²) >= 11 is 0. The molecule has 3 nitrogen and oxygen atoms in total. The van der Waals surface area contributed by atoms with Gasteiger partial charge in [0.1, 0.15) is 0 Å². The Morgan fingerprint density at radius 1 is 1.50 bits per heavy atom. The number of carbonyl (C=O) groups excluding carboxylic acids is 1. The summed E-state index contributed by atoms with van der Waals surface area (Å²) in [5, 5.41) is 0. The first-order valence-electron chi connectivity index (χ1n) is 4.39. The van der Waals surface area contributed by atoms with E-state index in [9.17, 15) is 4.79 Å². The minimum Gasteiger partial charge on any atom is -0.466 e. The van der Waals surface area contributed by atoms with E-state index in [0.29, 0.717) is 13.0 Å². The quantitative estimate of drug-likeness (QED) is 0.454. The molecule has 0 rings (SSSR count). The molecule has 12 heavy (non-hydrogen) atoms. The van der Waals surface area contributed by atoms with Crippen LogP contribution in [-0.4, -0.2) is 25.8 Å². The molecule has 0 heterocycles. The minimum atomic E-state index is -0.125. The molecule has 0 aromatic heterocycles. The summed E-state index contributed by atoms with van der Waals surface area (Å²) in [4.78, 5) is 10.7. The zero-order valence-corrected chi connectivity index (χ0v) is 8.13. The van der Waals surface area contributed by atoms with Crippen LogP contribution in [0.15, 0.2) is 0 Å². The lowest BCUT2D eigenvalue weighted by atomic mass is 10.2. The zero-order chi connectivity index (χ0) is 9.40. The largest absolute Gasteiger partial charge is 0.466 e. The Balaban J connectivity index is 3.15. The summed E-state index contributed by atoms with van der Waals surface area (Å²) in [6, 6.07) is 0. The summed E-state index contributed by atoms with van der Waals surface area (Å²) in [6.07, 6.45) is 2.53. The molecule has 0 aliphatic rings. The van der Waals surface area contributed by atoms with Crippen molar-refractivity contribution < 1.29 is 14.3 Å². The molecule has 0 aromatic carbocycles. The molecule has 0 aliphatic carbocycles. The molecule has 3 heteroatoms. The molecule has 0 N–H and O–H groups in total. The van der Waals surface area contributed by atoms with Gasteiger partial charge in [0, 0.05) is 13.5 Å². The summed E-state index contributed by atoms with van der Waals surface area (Å²) in [7, 11) is 1.68. The highest BCUT2D eigenvalue weighted by molar-refractivity contribution is 5.68. The Morgan fingerprint density at radius 3 is 2.67 bits per heavy atom. The van der Waals surface area contributed by atoms with E-state index < -0.39 is 0 Å². The summed E-state index contributed by atoms with van der Waals surface area (Å²) in [5.41, 5.74) is 0. The smallest absolute Gasteiger partial charge is 0.305 e. The van der Waals surface area contributed by atoms with Crippen molar-refractivity contribution in [1.29, 1.82) is 0 Å². The molecule has 0 radical (unpaired) electrons. The molecule has 0 fully saturated rings. The molecular formula is C9H18O3. The average Bonchev–Trinajstić information content (AvgIpc) is 2.11. The van der Waals surface area contributed by atoms with E-state index in [1.54, 1.807) is 14.0 Å². The van der Waals surface area contributed by atoms with Crippen LogP contribution in [-0.2, 0) is 14.3 Å². The molecule has 0 bridgehead atoms. The van der Waals surface area contributed by atoms with Gasteiger partial charge < -0.3 is 9.47 Å². The Bertz CT molecular complexity index is 123. The Labute approximate surface area is 74.0 Å². The van der Waals surface area contributed by atoms with Gasteiger partial charge in [-0.15, -0.1) is 0 Å². The predicted octanol–water partition coefficient (Wildman–Crippen LogP) is 1.75. The maximum absolute atomic E-state index is 10.7. The summed E-state index contributed by atoms with van der Waals surface area (Å²) in [5.74, 6) is -0.125. The second-order valence-corrected chi connectivity index (χ2v) is 2.76. The van der Waals surface area contributed by atoms with Crippen LogP contribution >= 0.6 is 0 Å². The minimum absolute atomic E-state index is 0.125. The van der Waals surface area contributed by atoms with Crippen LogP contribution < -0.4 is 0 Å². The van der Waals surface area contributed by atoms with Crippen molar-refractivity contribution in [2.45, 2.75) is 39.2 Å². The standard InChI is InChI=1S/C9H18O3/c1-4-9(10)12-7-5-6-8(2)11-3/h8H,4-7H2,1-3H3. The van der Waals surface area contributed by atoms with Gasteiger partial charge in [-0.05, 0) is 19.8 Å². The molecule has 0 saturated carbocycles. The van der Waals surface area contributed by atoms with Crippen molar-refractivity contribution in [1.82, 2.24) is 0 Å². The number of rotatable bonds is 6. The molecule has 0 aromatic rings. The number of hydrogen-bond acceptors (Lipinski definition) is 3. The maximum Gasteiger partial charge on any atom is 0.305 e. The lowest BCUT2D eigenvalue weighted by Gasteiger charge is -2.08. The first-order chi connectivity index (χ1) is 5.70. The van der Waals surface area contributed by atoms with Crippen molar-refractivity contribution >= 4 is 5.97 Å². The van der Waals surface area contributed by atoms with Crippen molar-refractivity contribution in [2.24, 2.45) is 0 Å². The first kappa shape index (κ1) is 11.4. The predicted molar refractivity (Wildman–Crippen MR) is 47.0 cm³/mol. The van der Waals surface area contributed by atoms with Gasteiger partial charge in [0.15, 0.2) is 0 Å². The molecule has 0 aliphatic heterocycles. The van der Waals surface area contributed by atoms with Gasteiger partial charge in [0.05, 0.1) is 12.7 Å². The SMILES string of the molecule is CCC(=O)OCCCC(C)OC. The normalized spacial score (nSPS) is 12.6. The molecule has 1 atom stereocenters. The van der Waals surface area contributed by atoms with Crippen LogP contribution in [0.5, 0.6) is 0 Å². The van der Waals surface area contributed by atoms with Crippen molar-refractivity contribution in [3.63, 3.8) is 0 Å². The number of ether oxygens (including phenoxy) is 2. The van der Waals surface area contributed by atoms with Crippen molar-refractivity contribution in [2.75, 3.05) is 13.7 Å². The van der Waals surface area contributed by atoms with Crippen LogP contribution in [0, 0.1) is 0 Å². The lowest BCUT2D eigenvalue weighted by Crippen LogP contribution is -2.08. The Kier molecular flexibility index (Phi) is 6.76. The Morgan fingerprint density at radius 2 is 2.17 bits per heavy atom. The van der Waals surface area contributed by atoms with E-state index in [2.05, 4.69) is 0 Å². The van der Waals surface area contributed by atoms with Gasteiger partial charge in [-0.25, -0.2) is 0 Å². The fourth-order valence-electron chi connectivity index (χ4n) is 0.777. The second-order valence-electron chi connectivity index (χ2n) is 2.76. The molecule has 72 valence electrons. The van der Waals surface area contributed by atoms with E-state index in [1.807, 2.05) is 6.92 Å². The van der Waals surface area contributed by atoms with Crippen molar-refractivity contribution in [3.8, 4) is 0 Å². The number of carbonyl (C=O) groups is 1. The third-order valence-electron chi connectivity index (χ3n) is 1.71. The highest BCUT2D eigenvalue weighted by Crippen LogP contribution is 2.00. The third-order valence-corrected chi connectivity index (χ3v) is 1.71. The third kappa shape index (κ3) is 6.16. The number of hydrogen-bond donors (Lipinski definition) is 0. The summed E-state index contributed by atoms with van der Waals surface area (Å²) in [6.45, 7) is 4.31. The maximum atomic E-state index is 10.7. The van der Waals surface area contributed by atoms with E-state index >= 15 is 0 Å². The van der Waals surface area contributed by atoms with Crippen LogP contribution in [0.3, 0.4) is 0 Å². The van der Waals surface area contributed by atoms with E-state index in [0.717, 1.165) is 12.8 Å². The fourth-order valence-corrected chi connectivity index (χ4v) is 0.777. The number of esters is 1. The van der Waals surface area contributed by atoms with Crippen LogP contribution in [0.25, 0.3) is 0 Å². The molecule has 0 amide bonds. The average molecular weight is 174 g/mol. The summed E-state index contributed by atoms with van der Waals surface area (Å²) < 4.78 is 9.93. The topological polar surface area (TPSA) is 35.5 Å². The van der Waals surface area contributed by atoms with Gasteiger partial charge in [-0.2, -0.15) is 0 Å². The second kappa shape index (κ2) is 7.10. The van der Waals surface area contributed by atoms with Crippen LogP contribution in [0.4, 0.5) is 0 Å². The van der Waals surface area contributed by atoms with Crippen LogP contribution in [0.2, 0.25) is 0 Å². The van der Waals surface area contributed by atoms with Gasteiger partial charge in [0.2, 0.25) is 0 Å². The van der Waals surface area contributed by atoms with Crippen molar-refractivity contribution in [3.05, 3.63) is 0 Å². The van der Waals surface area contributed by atoms with Gasteiger partial charge in [-0.3, -0.25) is 4.79 Å². The van der Waals surface area contributed by atoms with Gasteiger partial charge in [0.25, 0.3) is 0 Å². The molecule has 1 unspecified atom stereocenters. The highest BCUT2D eigenvalue weighted by atomic mass is 16.5.